The van der Waals surface area contributed by atoms with Crippen LogP contribution in [0.25, 0.3) is 0 Å². The summed E-state index contributed by atoms with van der Waals surface area (Å²) in [5.74, 6) is 0.686. The van der Waals surface area contributed by atoms with Gasteiger partial charge in [-0.1, -0.05) is 0 Å². The minimum absolute atomic E-state index is 0.290. The van der Waals surface area contributed by atoms with Crippen molar-refractivity contribution in [3.63, 3.8) is 0 Å². The van der Waals surface area contributed by atoms with Gasteiger partial charge >= 0.3 is 0 Å². The molecular formula is C11H24N2O2S. The first kappa shape index (κ1) is 13.9. The van der Waals surface area contributed by atoms with E-state index in [1.165, 1.54) is 0 Å². The lowest BCUT2D eigenvalue weighted by Crippen LogP contribution is -2.42. The fraction of sp³-hybridized carbons (Fsp3) is 1.00. The first-order valence-electron chi connectivity index (χ1n) is 6.12. The van der Waals surface area contributed by atoms with Gasteiger partial charge in [0, 0.05) is 13.1 Å². The summed E-state index contributed by atoms with van der Waals surface area (Å²) >= 11 is 0. The third-order valence-electron chi connectivity index (χ3n) is 3.33. The molecule has 1 rings (SSSR count). The standard InChI is InChI=1S/C11H24N2O2S/c1-10(2)16(14,15)13-8-5-11(6-9-13)4-7-12-3/h10-12H,4-9H2,1-3H3. The molecule has 0 aliphatic carbocycles. The van der Waals surface area contributed by atoms with Gasteiger partial charge in [0.2, 0.25) is 10.0 Å². The zero-order valence-corrected chi connectivity index (χ0v) is 11.4. The Morgan fingerprint density at radius 2 is 1.88 bits per heavy atom. The van der Waals surface area contributed by atoms with Crippen LogP contribution in [0.3, 0.4) is 0 Å². The summed E-state index contributed by atoms with van der Waals surface area (Å²) in [6.45, 7) is 5.94. The molecular weight excluding hydrogens is 224 g/mol. The second kappa shape index (κ2) is 5.98. The summed E-state index contributed by atoms with van der Waals surface area (Å²) in [5.41, 5.74) is 0. The van der Waals surface area contributed by atoms with Crippen LogP contribution in [0.5, 0.6) is 0 Å². The maximum absolute atomic E-state index is 11.9. The molecule has 0 aromatic carbocycles. The van der Waals surface area contributed by atoms with Crippen LogP contribution in [0, 0.1) is 5.92 Å². The van der Waals surface area contributed by atoms with Gasteiger partial charge in [-0.25, -0.2) is 12.7 Å². The highest BCUT2D eigenvalue weighted by molar-refractivity contribution is 7.89. The molecule has 1 aliphatic heterocycles. The smallest absolute Gasteiger partial charge is 0.216 e. The summed E-state index contributed by atoms with van der Waals surface area (Å²) in [6.07, 6.45) is 3.17. The van der Waals surface area contributed by atoms with Crippen molar-refractivity contribution in [1.29, 1.82) is 0 Å². The van der Waals surface area contributed by atoms with E-state index < -0.39 is 10.0 Å². The number of hydrogen-bond donors (Lipinski definition) is 1. The molecule has 1 aliphatic rings. The lowest BCUT2D eigenvalue weighted by Gasteiger charge is -2.32. The zero-order valence-electron chi connectivity index (χ0n) is 10.6. The predicted molar refractivity (Wildman–Crippen MR) is 66.9 cm³/mol. The average Bonchev–Trinajstić information content (AvgIpc) is 2.26. The van der Waals surface area contributed by atoms with E-state index in [1.54, 1.807) is 18.2 Å². The van der Waals surface area contributed by atoms with Gasteiger partial charge in [-0.15, -0.1) is 0 Å². The molecule has 96 valence electrons. The topological polar surface area (TPSA) is 49.4 Å². The van der Waals surface area contributed by atoms with Crippen LogP contribution in [0.4, 0.5) is 0 Å². The molecule has 1 saturated heterocycles. The Morgan fingerprint density at radius 3 is 2.31 bits per heavy atom. The number of nitrogens with one attached hydrogen (secondary N) is 1. The average molecular weight is 248 g/mol. The molecule has 0 saturated carbocycles. The monoisotopic (exact) mass is 248 g/mol. The Hall–Kier alpha value is -0.130. The van der Waals surface area contributed by atoms with Crippen molar-refractivity contribution in [2.75, 3.05) is 26.7 Å². The lowest BCUT2D eigenvalue weighted by atomic mass is 9.95. The van der Waals surface area contributed by atoms with E-state index in [0.717, 1.165) is 25.8 Å². The summed E-state index contributed by atoms with van der Waals surface area (Å²) < 4.78 is 25.5. The quantitative estimate of drug-likeness (QED) is 0.791. The molecule has 4 nitrogen and oxygen atoms in total. The van der Waals surface area contributed by atoms with Crippen LogP contribution in [0.1, 0.15) is 33.1 Å². The molecule has 1 fully saturated rings. The Balaban J connectivity index is 2.43. The molecule has 0 unspecified atom stereocenters. The van der Waals surface area contributed by atoms with Gasteiger partial charge in [0.15, 0.2) is 0 Å². The van der Waals surface area contributed by atoms with Crippen molar-refractivity contribution in [2.45, 2.75) is 38.4 Å². The summed E-state index contributed by atoms with van der Waals surface area (Å²) in [7, 11) is -1.07. The van der Waals surface area contributed by atoms with Gasteiger partial charge in [-0.05, 0) is 52.6 Å². The molecule has 1 N–H and O–H groups in total. The van der Waals surface area contributed by atoms with Gasteiger partial charge in [-0.2, -0.15) is 0 Å². The Bertz CT molecular complexity index is 293. The third-order valence-corrected chi connectivity index (χ3v) is 5.61. The second-order valence-corrected chi connectivity index (χ2v) is 7.32. The van der Waals surface area contributed by atoms with Crippen molar-refractivity contribution in [3.8, 4) is 0 Å². The van der Waals surface area contributed by atoms with Crippen molar-refractivity contribution in [3.05, 3.63) is 0 Å². The fourth-order valence-electron chi connectivity index (χ4n) is 2.10. The molecule has 0 spiro atoms. The van der Waals surface area contributed by atoms with E-state index in [-0.39, 0.29) is 5.25 Å². The van der Waals surface area contributed by atoms with E-state index in [4.69, 9.17) is 0 Å². The molecule has 0 atom stereocenters. The van der Waals surface area contributed by atoms with Crippen LogP contribution >= 0.6 is 0 Å². The molecule has 0 bridgehead atoms. The number of hydrogen-bond acceptors (Lipinski definition) is 3. The van der Waals surface area contributed by atoms with Crippen molar-refractivity contribution >= 4 is 10.0 Å². The Morgan fingerprint density at radius 1 is 1.31 bits per heavy atom. The maximum Gasteiger partial charge on any atom is 0.216 e. The summed E-state index contributed by atoms with van der Waals surface area (Å²) in [5, 5.41) is 2.85. The van der Waals surface area contributed by atoms with Gasteiger partial charge in [0.25, 0.3) is 0 Å². The first-order chi connectivity index (χ1) is 7.48. The van der Waals surface area contributed by atoms with Crippen molar-refractivity contribution < 1.29 is 8.42 Å². The van der Waals surface area contributed by atoms with Crippen LogP contribution in [0.15, 0.2) is 0 Å². The van der Waals surface area contributed by atoms with Crippen molar-refractivity contribution in [2.24, 2.45) is 5.92 Å². The van der Waals surface area contributed by atoms with E-state index in [1.807, 2.05) is 7.05 Å². The summed E-state index contributed by atoms with van der Waals surface area (Å²) in [4.78, 5) is 0. The normalized spacial score (nSPS) is 20.5. The van der Waals surface area contributed by atoms with Gasteiger partial charge in [0.05, 0.1) is 5.25 Å². The van der Waals surface area contributed by atoms with E-state index in [9.17, 15) is 8.42 Å². The number of nitrogens with zero attached hydrogens (tertiary/aromatic N) is 1. The fourth-order valence-corrected chi connectivity index (χ4v) is 3.42. The SMILES string of the molecule is CNCCC1CCN(S(=O)(=O)C(C)C)CC1. The minimum Gasteiger partial charge on any atom is -0.320 e. The molecule has 0 amide bonds. The van der Waals surface area contributed by atoms with E-state index in [2.05, 4.69) is 5.32 Å². The predicted octanol–water partition coefficient (Wildman–Crippen LogP) is 1.05. The highest BCUT2D eigenvalue weighted by atomic mass is 32.2. The van der Waals surface area contributed by atoms with Gasteiger partial charge in [0.1, 0.15) is 0 Å². The highest BCUT2D eigenvalue weighted by Crippen LogP contribution is 2.23. The van der Waals surface area contributed by atoms with E-state index in [0.29, 0.717) is 19.0 Å². The maximum atomic E-state index is 11.9. The van der Waals surface area contributed by atoms with Gasteiger partial charge in [-0.3, -0.25) is 0 Å². The van der Waals surface area contributed by atoms with Crippen LogP contribution in [0.2, 0.25) is 0 Å². The molecule has 5 heteroatoms. The Kier molecular flexibility index (Phi) is 5.21. The number of rotatable bonds is 5. The van der Waals surface area contributed by atoms with Crippen LogP contribution in [-0.2, 0) is 10.0 Å². The lowest BCUT2D eigenvalue weighted by molar-refractivity contribution is 0.261. The molecule has 16 heavy (non-hydrogen) atoms. The first-order valence-corrected chi connectivity index (χ1v) is 7.62. The number of piperidine rings is 1. The van der Waals surface area contributed by atoms with Crippen molar-refractivity contribution in [1.82, 2.24) is 9.62 Å². The third kappa shape index (κ3) is 3.43. The Labute approximate surface area is 99.5 Å². The highest BCUT2D eigenvalue weighted by Gasteiger charge is 2.29. The second-order valence-electron chi connectivity index (χ2n) is 4.83. The summed E-state index contributed by atoms with van der Waals surface area (Å²) in [6, 6.07) is 0. The molecule has 0 aromatic heterocycles. The van der Waals surface area contributed by atoms with Gasteiger partial charge < -0.3 is 5.32 Å². The van der Waals surface area contributed by atoms with Crippen LogP contribution in [-0.4, -0.2) is 44.7 Å². The molecule has 0 aromatic rings. The van der Waals surface area contributed by atoms with Crippen LogP contribution < -0.4 is 5.32 Å². The molecule has 1 heterocycles. The molecule has 0 radical (unpaired) electrons. The minimum atomic E-state index is -3.03. The van der Waals surface area contributed by atoms with E-state index >= 15 is 0 Å². The largest absolute Gasteiger partial charge is 0.320 e. The number of sulfonamides is 1. The zero-order chi connectivity index (χ0) is 12.2.